The molecule has 1 rings (SSSR count). The maximum atomic E-state index is 12.6. The van der Waals surface area contributed by atoms with Crippen molar-refractivity contribution in [2.75, 3.05) is 18.4 Å². The fraction of sp³-hybridized carbons (Fsp3) is 0.467. The lowest BCUT2D eigenvalue weighted by atomic mass is 10.1. The molecule has 1 aromatic rings. The van der Waals surface area contributed by atoms with Crippen molar-refractivity contribution in [3.05, 3.63) is 29.8 Å². The molecule has 0 bridgehead atoms. The van der Waals surface area contributed by atoms with Gasteiger partial charge in [0.1, 0.15) is 6.54 Å². The number of amides is 2. The topological polar surface area (TPSA) is 49.4 Å². The molecule has 0 fully saturated rings. The average molecular weight is 316 g/mol. The van der Waals surface area contributed by atoms with E-state index >= 15 is 0 Å². The number of hydrogen-bond acceptors (Lipinski definition) is 2. The van der Waals surface area contributed by atoms with E-state index in [9.17, 15) is 22.8 Å². The number of nitrogens with one attached hydrogen (secondary N) is 1. The smallest absolute Gasteiger partial charge is 0.330 e. The molecule has 0 saturated heterocycles. The van der Waals surface area contributed by atoms with E-state index in [4.69, 9.17) is 0 Å². The summed E-state index contributed by atoms with van der Waals surface area (Å²) in [5.41, 5.74) is 0.648. The van der Waals surface area contributed by atoms with E-state index in [-0.39, 0.29) is 18.0 Å². The zero-order valence-corrected chi connectivity index (χ0v) is 12.5. The number of halogens is 3. The van der Waals surface area contributed by atoms with Gasteiger partial charge in [0.15, 0.2) is 0 Å². The first-order valence-electron chi connectivity index (χ1n) is 6.96. The molecule has 2 amide bonds. The van der Waals surface area contributed by atoms with Crippen LogP contribution in [0.2, 0.25) is 0 Å². The largest absolute Gasteiger partial charge is 0.406 e. The molecule has 0 aliphatic heterocycles. The fourth-order valence-corrected chi connectivity index (χ4v) is 1.90. The number of carbonyl (C=O) groups is 2. The molecule has 0 aromatic heterocycles. The lowest BCUT2D eigenvalue weighted by Crippen LogP contribution is -2.39. The minimum atomic E-state index is -4.43. The third kappa shape index (κ3) is 6.15. The molecule has 7 heteroatoms. The summed E-state index contributed by atoms with van der Waals surface area (Å²) in [5, 5.41) is 2.53. The third-order valence-corrected chi connectivity index (χ3v) is 2.89. The average Bonchev–Trinajstić information content (AvgIpc) is 2.41. The molecule has 0 unspecified atom stereocenters. The van der Waals surface area contributed by atoms with Gasteiger partial charge in [-0.25, -0.2) is 0 Å². The van der Waals surface area contributed by atoms with Crippen molar-refractivity contribution in [3.63, 3.8) is 0 Å². The van der Waals surface area contributed by atoms with Crippen LogP contribution >= 0.6 is 0 Å². The Balaban J connectivity index is 2.85. The summed E-state index contributed by atoms with van der Waals surface area (Å²) in [6.45, 7) is 1.98. The van der Waals surface area contributed by atoms with Gasteiger partial charge in [-0.15, -0.1) is 0 Å². The van der Waals surface area contributed by atoms with Gasteiger partial charge >= 0.3 is 6.18 Å². The molecule has 0 aliphatic carbocycles. The van der Waals surface area contributed by atoms with Crippen LogP contribution in [0, 0.1) is 0 Å². The van der Waals surface area contributed by atoms with Gasteiger partial charge in [0.2, 0.25) is 5.91 Å². The van der Waals surface area contributed by atoms with Gasteiger partial charge < -0.3 is 10.2 Å². The maximum absolute atomic E-state index is 12.6. The van der Waals surface area contributed by atoms with Crippen molar-refractivity contribution < 1.29 is 22.8 Å². The van der Waals surface area contributed by atoms with Gasteiger partial charge in [-0.05, 0) is 30.7 Å². The molecular weight excluding hydrogens is 297 g/mol. The Hall–Kier alpha value is -2.05. The maximum Gasteiger partial charge on any atom is 0.406 e. The summed E-state index contributed by atoms with van der Waals surface area (Å²) in [5.74, 6) is -0.930. The molecule has 1 aromatic carbocycles. The Morgan fingerprint density at radius 2 is 1.77 bits per heavy atom. The Morgan fingerprint density at radius 3 is 2.23 bits per heavy atom. The second kappa shape index (κ2) is 7.82. The zero-order chi connectivity index (χ0) is 16.8. The predicted octanol–water partition coefficient (Wildman–Crippen LogP) is 3.45. The lowest BCUT2D eigenvalue weighted by molar-refractivity contribution is -0.140. The van der Waals surface area contributed by atoms with E-state index < -0.39 is 18.6 Å². The minimum Gasteiger partial charge on any atom is -0.330 e. The molecule has 4 nitrogen and oxygen atoms in total. The molecule has 122 valence electrons. The molecular formula is C15H19F3N2O2. The third-order valence-electron chi connectivity index (χ3n) is 2.89. The quantitative estimate of drug-likeness (QED) is 0.874. The van der Waals surface area contributed by atoms with Gasteiger partial charge in [-0.1, -0.05) is 13.3 Å². The van der Waals surface area contributed by atoms with Crippen LogP contribution in [0.4, 0.5) is 18.9 Å². The standard InChI is InChI=1S/C15H19F3N2O2/c1-3-4-9-20(10-15(16,17)18)14(22)12-5-7-13(8-6-12)19-11(2)21/h5-8H,3-4,9-10H2,1-2H3,(H,19,21). The number of carbonyl (C=O) groups excluding carboxylic acids is 2. The highest BCUT2D eigenvalue weighted by atomic mass is 19.4. The van der Waals surface area contributed by atoms with Crippen LogP contribution in [0.5, 0.6) is 0 Å². The summed E-state index contributed by atoms with van der Waals surface area (Å²) < 4.78 is 37.7. The van der Waals surface area contributed by atoms with Crippen molar-refractivity contribution >= 4 is 17.5 Å². The van der Waals surface area contributed by atoms with Gasteiger partial charge in [0, 0.05) is 24.7 Å². The van der Waals surface area contributed by atoms with Gasteiger partial charge in [-0.2, -0.15) is 13.2 Å². The van der Waals surface area contributed by atoms with Crippen molar-refractivity contribution in [3.8, 4) is 0 Å². The Kier molecular flexibility index (Phi) is 6.39. The number of benzene rings is 1. The highest BCUT2D eigenvalue weighted by Crippen LogP contribution is 2.19. The number of nitrogens with zero attached hydrogens (tertiary/aromatic N) is 1. The van der Waals surface area contributed by atoms with Crippen molar-refractivity contribution in [2.45, 2.75) is 32.9 Å². The molecule has 0 radical (unpaired) electrons. The first-order chi connectivity index (χ1) is 10.2. The normalized spacial score (nSPS) is 11.1. The van der Waals surface area contributed by atoms with Crippen LogP contribution in [0.1, 0.15) is 37.0 Å². The van der Waals surface area contributed by atoms with E-state index in [1.807, 2.05) is 6.92 Å². The number of hydrogen-bond donors (Lipinski definition) is 1. The number of alkyl halides is 3. The van der Waals surface area contributed by atoms with E-state index in [0.29, 0.717) is 18.5 Å². The minimum absolute atomic E-state index is 0.0578. The van der Waals surface area contributed by atoms with Gasteiger partial charge in [-0.3, -0.25) is 9.59 Å². The van der Waals surface area contributed by atoms with E-state index in [1.54, 1.807) is 0 Å². The SMILES string of the molecule is CCCCN(CC(F)(F)F)C(=O)c1ccc(NC(C)=O)cc1. The molecule has 0 spiro atoms. The van der Waals surface area contributed by atoms with Crippen LogP contribution in [0.25, 0.3) is 0 Å². The number of rotatable bonds is 6. The molecule has 1 N–H and O–H groups in total. The first kappa shape index (κ1) is 18.0. The lowest BCUT2D eigenvalue weighted by Gasteiger charge is -2.24. The second-order valence-corrected chi connectivity index (χ2v) is 4.95. The summed E-state index contributed by atoms with van der Waals surface area (Å²) in [4.78, 5) is 23.9. The molecule has 0 atom stereocenters. The Bertz CT molecular complexity index is 513. The molecule has 0 aliphatic rings. The number of anilines is 1. The van der Waals surface area contributed by atoms with Crippen molar-refractivity contribution in [1.82, 2.24) is 4.90 Å². The van der Waals surface area contributed by atoms with E-state index in [0.717, 1.165) is 4.90 Å². The zero-order valence-electron chi connectivity index (χ0n) is 12.5. The van der Waals surface area contributed by atoms with Gasteiger partial charge in [0.05, 0.1) is 0 Å². The monoisotopic (exact) mass is 316 g/mol. The summed E-state index contributed by atoms with van der Waals surface area (Å²) in [6, 6.07) is 5.78. The van der Waals surface area contributed by atoms with Crippen LogP contribution in [0.3, 0.4) is 0 Å². The van der Waals surface area contributed by atoms with Crippen LogP contribution in [-0.2, 0) is 4.79 Å². The Labute approximate surface area is 127 Å². The van der Waals surface area contributed by atoms with Crippen LogP contribution in [0.15, 0.2) is 24.3 Å². The summed E-state index contributed by atoms with van der Waals surface area (Å²) in [7, 11) is 0. The van der Waals surface area contributed by atoms with Crippen LogP contribution < -0.4 is 5.32 Å². The van der Waals surface area contributed by atoms with Gasteiger partial charge in [0.25, 0.3) is 5.91 Å². The highest BCUT2D eigenvalue weighted by Gasteiger charge is 2.33. The predicted molar refractivity (Wildman–Crippen MR) is 77.6 cm³/mol. The second-order valence-electron chi connectivity index (χ2n) is 4.95. The van der Waals surface area contributed by atoms with E-state index in [1.165, 1.54) is 31.2 Å². The first-order valence-corrected chi connectivity index (χ1v) is 6.96. The summed E-state index contributed by atoms with van der Waals surface area (Å²) in [6.07, 6.45) is -3.23. The molecule has 0 saturated carbocycles. The fourth-order valence-electron chi connectivity index (χ4n) is 1.90. The number of unbranched alkanes of at least 4 members (excludes halogenated alkanes) is 1. The van der Waals surface area contributed by atoms with Crippen LogP contribution in [-0.4, -0.2) is 36.0 Å². The molecule has 0 heterocycles. The summed E-state index contributed by atoms with van der Waals surface area (Å²) >= 11 is 0. The molecule has 22 heavy (non-hydrogen) atoms. The van der Waals surface area contributed by atoms with Crippen molar-refractivity contribution in [1.29, 1.82) is 0 Å². The van der Waals surface area contributed by atoms with E-state index in [2.05, 4.69) is 5.32 Å². The Morgan fingerprint density at radius 1 is 1.18 bits per heavy atom. The highest BCUT2D eigenvalue weighted by molar-refractivity contribution is 5.95. The van der Waals surface area contributed by atoms with Crippen molar-refractivity contribution in [2.24, 2.45) is 0 Å².